The number of aliphatic imine (C=N–C) groups is 1. The molecule has 1 fully saturated rings. The van der Waals surface area contributed by atoms with Gasteiger partial charge in [-0.2, -0.15) is 13.2 Å². The minimum Gasteiger partial charge on any atom is -0.497 e. The van der Waals surface area contributed by atoms with Crippen molar-refractivity contribution in [1.29, 1.82) is 0 Å². The molecule has 1 aromatic carbocycles. The Bertz CT molecular complexity index is 569. The molecule has 1 aromatic rings. The smallest absolute Gasteiger partial charge is 0.390 e. The van der Waals surface area contributed by atoms with E-state index in [-0.39, 0.29) is 12.6 Å². The van der Waals surface area contributed by atoms with Gasteiger partial charge in [0.2, 0.25) is 0 Å². The van der Waals surface area contributed by atoms with Crippen molar-refractivity contribution < 1.29 is 17.9 Å². The second kappa shape index (κ2) is 9.66. The summed E-state index contributed by atoms with van der Waals surface area (Å²) in [5, 5.41) is 5.88. The number of benzene rings is 1. The van der Waals surface area contributed by atoms with Crippen LogP contribution in [0.5, 0.6) is 5.75 Å². The number of hydrogen-bond acceptors (Lipinski definition) is 3. The number of nitrogens with zero attached hydrogens (tertiary/aromatic N) is 2. The highest BCUT2D eigenvalue weighted by Gasteiger charge is 2.27. The zero-order chi connectivity index (χ0) is 19.0. The molecule has 0 aromatic heterocycles. The van der Waals surface area contributed by atoms with E-state index in [2.05, 4.69) is 20.5 Å². The van der Waals surface area contributed by atoms with Crippen molar-refractivity contribution in [3.63, 3.8) is 0 Å². The second-order valence-corrected chi connectivity index (χ2v) is 6.28. The quantitative estimate of drug-likeness (QED) is 0.571. The molecule has 8 heteroatoms. The SMILES string of the molecule is CN=C(NCCC(F)(F)F)NCC(c1ccc(OC)cc1)N1CCCC1. The van der Waals surface area contributed by atoms with E-state index in [1.807, 2.05) is 24.3 Å². The summed E-state index contributed by atoms with van der Waals surface area (Å²) in [6.07, 6.45) is -2.74. The summed E-state index contributed by atoms with van der Waals surface area (Å²) < 4.78 is 42.1. The molecule has 0 amide bonds. The van der Waals surface area contributed by atoms with Crippen LogP contribution in [0, 0.1) is 0 Å². The zero-order valence-electron chi connectivity index (χ0n) is 15.3. The van der Waals surface area contributed by atoms with Gasteiger partial charge in [0.15, 0.2) is 5.96 Å². The number of alkyl halides is 3. The maximum Gasteiger partial charge on any atom is 0.390 e. The molecule has 0 radical (unpaired) electrons. The van der Waals surface area contributed by atoms with Crippen molar-refractivity contribution in [2.24, 2.45) is 4.99 Å². The summed E-state index contributed by atoms with van der Waals surface area (Å²) in [4.78, 5) is 6.40. The van der Waals surface area contributed by atoms with E-state index in [9.17, 15) is 13.2 Å². The van der Waals surface area contributed by atoms with Gasteiger partial charge in [-0.25, -0.2) is 0 Å². The second-order valence-electron chi connectivity index (χ2n) is 6.28. The third kappa shape index (κ3) is 6.40. The molecule has 1 heterocycles. The number of methoxy groups -OCH3 is 1. The molecule has 146 valence electrons. The lowest BCUT2D eigenvalue weighted by Crippen LogP contribution is -2.43. The van der Waals surface area contributed by atoms with Crippen LogP contribution >= 0.6 is 0 Å². The van der Waals surface area contributed by atoms with Crippen LogP contribution in [0.3, 0.4) is 0 Å². The van der Waals surface area contributed by atoms with Crippen LogP contribution in [-0.4, -0.2) is 57.4 Å². The molecule has 0 saturated carbocycles. The lowest BCUT2D eigenvalue weighted by molar-refractivity contribution is -0.132. The summed E-state index contributed by atoms with van der Waals surface area (Å²) in [5.41, 5.74) is 1.14. The monoisotopic (exact) mass is 372 g/mol. The molecule has 1 aliphatic heterocycles. The highest BCUT2D eigenvalue weighted by atomic mass is 19.4. The molecule has 26 heavy (non-hydrogen) atoms. The van der Waals surface area contributed by atoms with Gasteiger partial charge < -0.3 is 15.4 Å². The van der Waals surface area contributed by atoms with Crippen LogP contribution in [-0.2, 0) is 0 Å². The zero-order valence-corrected chi connectivity index (χ0v) is 15.3. The minimum absolute atomic E-state index is 0.129. The summed E-state index contributed by atoms with van der Waals surface area (Å²) >= 11 is 0. The predicted octanol–water partition coefficient (Wildman–Crippen LogP) is 2.95. The first-order valence-electron chi connectivity index (χ1n) is 8.82. The maximum absolute atomic E-state index is 12.3. The Morgan fingerprint density at radius 2 is 1.85 bits per heavy atom. The number of rotatable bonds is 7. The van der Waals surface area contributed by atoms with Gasteiger partial charge in [0.05, 0.1) is 19.6 Å². The van der Waals surface area contributed by atoms with Crippen LogP contribution in [0.1, 0.15) is 30.9 Å². The van der Waals surface area contributed by atoms with Crippen molar-refractivity contribution in [2.45, 2.75) is 31.5 Å². The molecule has 0 spiro atoms. The van der Waals surface area contributed by atoms with Crippen molar-refractivity contribution in [3.8, 4) is 5.75 Å². The topological polar surface area (TPSA) is 48.9 Å². The van der Waals surface area contributed by atoms with Crippen LogP contribution in [0.25, 0.3) is 0 Å². The Balaban J connectivity index is 1.97. The van der Waals surface area contributed by atoms with Crippen molar-refractivity contribution in [1.82, 2.24) is 15.5 Å². The van der Waals surface area contributed by atoms with E-state index >= 15 is 0 Å². The molecule has 1 saturated heterocycles. The van der Waals surface area contributed by atoms with Gasteiger partial charge in [0.1, 0.15) is 5.75 Å². The average Bonchev–Trinajstić information content (AvgIpc) is 3.14. The molecule has 5 nitrogen and oxygen atoms in total. The highest BCUT2D eigenvalue weighted by molar-refractivity contribution is 5.79. The van der Waals surface area contributed by atoms with Crippen LogP contribution in [0.4, 0.5) is 13.2 Å². The summed E-state index contributed by atoms with van der Waals surface area (Å²) in [5.74, 6) is 1.18. The molecular weight excluding hydrogens is 345 g/mol. The standard InChI is InChI=1S/C18H27F3N4O/c1-22-17(23-10-9-18(19,20)21)24-13-16(25-11-3-4-12-25)14-5-7-15(26-2)8-6-14/h5-8,16H,3-4,9-13H2,1-2H3,(H2,22,23,24). The van der Waals surface area contributed by atoms with E-state index in [0.717, 1.165) is 37.2 Å². The lowest BCUT2D eigenvalue weighted by atomic mass is 10.1. The fourth-order valence-corrected chi connectivity index (χ4v) is 3.07. The molecule has 1 aliphatic rings. The van der Waals surface area contributed by atoms with Gasteiger partial charge in [-0.05, 0) is 43.6 Å². The Kier molecular flexibility index (Phi) is 7.56. The van der Waals surface area contributed by atoms with Gasteiger partial charge in [-0.1, -0.05) is 12.1 Å². The highest BCUT2D eigenvalue weighted by Crippen LogP contribution is 2.26. The average molecular weight is 372 g/mol. The fourth-order valence-electron chi connectivity index (χ4n) is 3.07. The molecule has 0 bridgehead atoms. The number of nitrogens with one attached hydrogen (secondary N) is 2. The summed E-state index contributed by atoms with van der Waals surface area (Å²) in [6.45, 7) is 2.40. The van der Waals surface area contributed by atoms with Crippen LogP contribution in [0.2, 0.25) is 0 Å². The molecule has 2 N–H and O–H groups in total. The van der Waals surface area contributed by atoms with E-state index < -0.39 is 12.6 Å². The third-order valence-electron chi connectivity index (χ3n) is 4.47. The molecule has 2 rings (SSSR count). The number of likely N-dealkylation sites (tertiary alicyclic amines) is 1. The van der Waals surface area contributed by atoms with Crippen molar-refractivity contribution in [2.75, 3.05) is 40.3 Å². The normalized spacial score (nSPS) is 17.2. The Hall–Kier alpha value is -1.96. The first-order chi connectivity index (χ1) is 12.4. The van der Waals surface area contributed by atoms with Gasteiger partial charge >= 0.3 is 6.18 Å². The lowest BCUT2D eigenvalue weighted by Gasteiger charge is -2.29. The summed E-state index contributed by atoms with van der Waals surface area (Å²) in [6, 6.07) is 8.04. The first-order valence-corrected chi connectivity index (χ1v) is 8.82. The molecule has 0 aliphatic carbocycles. The van der Waals surface area contributed by atoms with Crippen LogP contribution in [0.15, 0.2) is 29.3 Å². The minimum atomic E-state index is -4.17. The van der Waals surface area contributed by atoms with Gasteiger partial charge in [-0.15, -0.1) is 0 Å². The number of halogens is 3. The van der Waals surface area contributed by atoms with E-state index in [1.54, 1.807) is 14.2 Å². The van der Waals surface area contributed by atoms with Crippen LogP contribution < -0.4 is 15.4 Å². The molecule has 1 unspecified atom stereocenters. The van der Waals surface area contributed by atoms with Gasteiger partial charge in [-0.3, -0.25) is 9.89 Å². The first kappa shape index (κ1) is 20.4. The summed E-state index contributed by atoms with van der Waals surface area (Å²) in [7, 11) is 3.19. The Morgan fingerprint density at radius 1 is 1.19 bits per heavy atom. The number of guanidine groups is 1. The Morgan fingerprint density at radius 3 is 2.38 bits per heavy atom. The molecule has 1 atom stereocenters. The Labute approximate surface area is 152 Å². The largest absolute Gasteiger partial charge is 0.497 e. The van der Waals surface area contributed by atoms with Gasteiger partial charge in [0, 0.05) is 20.1 Å². The fraction of sp³-hybridized carbons (Fsp3) is 0.611. The number of hydrogen-bond donors (Lipinski definition) is 2. The van der Waals surface area contributed by atoms with Crippen molar-refractivity contribution in [3.05, 3.63) is 29.8 Å². The maximum atomic E-state index is 12.3. The van der Waals surface area contributed by atoms with E-state index in [1.165, 1.54) is 0 Å². The van der Waals surface area contributed by atoms with E-state index in [4.69, 9.17) is 4.74 Å². The molecular formula is C18H27F3N4O. The van der Waals surface area contributed by atoms with Gasteiger partial charge in [0.25, 0.3) is 0 Å². The predicted molar refractivity (Wildman–Crippen MR) is 96.6 cm³/mol. The third-order valence-corrected chi connectivity index (χ3v) is 4.47. The number of ether oxygens (including phenoxy) is 1. The van der Waals surface area contributed by atoms with Crippen molar-refractivity contribution >= 4 is 5.96 Å². The van der Waals surface area contributed by atoms with E-state index in [0.29, 0.717) is 12.5 Å².